The molecule has 0 atom stereocenters. The van der Waals surface area contributed by atoms with Crippen molar-refractivity contribution in [2.45, 2.75) is 32.2 Å². The maximum atomic E-state index is 12.0. The third-order valence-electron chi connectivity index (χ3n) is 4.20. The number of aromatic nitrogens is 2. The van der Waals surface area contributed by atoms with Crippen LogP contribution in [0.1, 0.15) is 25.7 Å². The second kappa shape index (κ2) is 6.18. The summed E-state index contributed by atoms with van der Waals surface area (Å²) < 4.78 is 1.82. The number of pyridine rings is 2. The van der Waals surface area contributed by atoms with Gasteiger partial charge in [-0.3, -0.25) is 9.36 Å². The molecule has 3 heterocycles. The molecular weight excluding hydrogens is 250 g/mol. The summed E-state index contributed by atoms with van der Waals surface area (Å²) >= 11 is 0. The van der Waals surface area contributed by atoms with E-state index in [1.54, 1.807) is 12.3 Å². The molecule has 0 unspecified atom stereocenters. The lowest BCUT2D eigenvalue weighted by atomic mass is 9.93. The van der Waals surface area contributed by atoms with Crippen molar-refractivity contribution in [3.63, 3.8) is 0 Å². The Morgan fingerprint density at radius 2 is 2.10 bits per heavy atom. The van der Waals surface area contributed by atoms with E-state index in [0.717, 1.165) is 43.0 Å². The third kappa shape index (κ3) is 2.90. The fourth-order valence-electron chi connectivity index (χ4n) is 3.04. The van der Waals surface area contributed by atoms with E-state index in [-0.39, 0.29) is 5.56 Å². The molecular formula is C16H21N3O. The van der Waals surface area contributed by atoms with E-state index in [1.807, 2.05) is 22.8 Å². The molecule has 3 rings (SSSR count). The van der Waals surface area contributed by atoms with Crippen LogP contribution < -0.4 is 10.9 Å². The number of nitrogens with one attached hydrogen (secondary N) is 1. The summed E-state index contributed by atoms with van der Waals surface area (Å²) in [6.07, 6.45) is 6.55. The van der Waals surface area contributed by atoms with Gasteiger partial charge < -0.3 is 5.32 Å². The van der Waals surface area contributed by atoms with Crippen LogP contribution >= 0.6 is 0 Å². The molecule has 0 bridgehead atoms. The quantitative estimate of drug-likeness (QED) is 0.927. The number of hydrogen-bond acceptors (Lipinski definition) is 3. The molecule has 1 fully saturated rings. The Hall–Kier alpha value is -1.68. The lowest BCUT2D eigenvalue weighted by Crippen LogP contribution is -2.28. The van der Waals surface area contributed by atoms with Gasteiger partial charge in [0.1, 0.15) is 5.65 Å². The Morgan fingerprint density at radius 1 is 1.25 bits per heavy atom. The first-order valence-corrected chi connectivity index (χ1v) is 7.50. The minimum atomic E-state index is 0.0570. The zero-order valence-electron chi connectivity index (χ0n) is 11.7. The summed E-state index contributed by atoms with van der Waals surface area (Å²) in [6.45, 7) is 3.05. The highest BCUT2D eigenvalue weighted by atomic mass is 16.1. The molecule has 4 heteroatoms. The van der Waals surface area contributed by atoms with Crippen molar-refractivity contribution < 1.29 is 0 Å². The van der Waals surface area contributed by atoms with Crippen LogP contribution in [-0.4, -0.2) is 22.6 Å². The Balaban J connectivity index is 1.70. The van der Waals surface area contributed by atoms with Crippen LogP contribution in [0.25, 0.3) is 11.0 Å². The molecule has 1 N–H and O–H groups in total. The van der Waals surface area contributed by atoms with Gasteiger partial charge in [0.05, 0.1) is 0 Å². The van der Waals surface area contributed by atoms with Crippen LogP contribution in [0.4, 0.5) is 0 Å². The summed E-state index contributed by atoms with van der Waals surface area (Å²) in [5.41, 5.74) is 0.867. The molecule has 0 radical (unpaired) electrons. The van der Waals surface area contributed by atoms with E-state index in [4.69, 9.17) is 0 Å². The van der Waals surface area contributed by atoms with E-state index in [9.17, 15) is 4.79 Å². The molecule has 20 heavy (non-hydrogen) atoms. The summed E-state index contributed by atoms with van der Waals surface area (Å²) in [5, 5.41) is 4.43. The number of fused-ring (bicyclic) bond motifs is 1. The van der Waals surface area contributed by atoms with E-state index < -0.39 is 0 Å². The monoisotopic (exact) mass is 271 g/mol. The van der Waals surface area contributed by atoms with Crippen molar-refractivity contribution in [1.29, 1.82) is 0 Å². The highest BCUT2D eigenvalue weighted by Crippen LogP contribution is 2.18. The predicted molar refractivity (Wildman–Crippen MR) is 80.8 cm³/mol. The molecule has 0 amide bonds. The molecule has 0 aliphatic carbocycles. The largest absolute Gasteiger partial charge is 0.317 e. The normalized spacial score (nSPS) is 16.6. The second-order valence-corrected chi connectivity index (χ2v) is 5.58. The van der Waals surface area contributed by atoms with Crippen molar-refractivity contribution in [2.75, 3.05) is 13.1 Å². The van der Waals surface area contributed by atoms with Gasteiger partial charge in [-0.1, -0.05) is 0 Å². The zero-order valence-corrected chi connectivity index (χ0v) is 11.7. The van der Waals surface area contributed by atoms with Crippen molar-refractivity contribution in [3.05, 3.63) is 40.8 Å². The van der Waals surface area contributed by atoms with Gasteiger partial charge in [0.2, 0.25) is 0 Å². The summed E-state index contributed by atoms with van der Waals surface area (Å²) in [4.78, 5) is 16.4. The average molecular weight is 271 g/mol. The number of hydrogen-bond donors (Lipinski definition) is 1. The fourth-order valence-corrected chi connectivity index (χ4v) is 3.04. The van der Waals surface area contributed by atoms with Gasteiger partial charge >= 0.3 is 0 Å². The van der Waals surface area contributed by atoms with Crippen LogP contribution in [0.2, 0.25) is 0 Å². The molecule has 106 valence electrons. The van der Waals surface area contributed by atoms with Crippen LogP contribution in [0.15, 0.2) is 35.3 Å². The molecule has 4 nitrogen and oxygen atoms in total. The molecule has 1 aliphatic rings. The smallest absolute Gasteiger partial charge is 0.252 e. The lowest BCUT2D eigenvalue weighted by molar-refractivity contribution is 0.340. The summed E-state index contributed by atoms with van der Waals surface area (Å²) in [6, 6.07) is 7.42. The van der Waals surface area contributed by atoms with Gasteiger partial charge in [-0.15, -0.1) is 0 Å². The predicted octanol–water partition coefficient (Wildman–Crippen LogP) is 2.18. The van der Waals surface area contributed by atoms with Gasteiger partial charge in [0.15, 0.2) is 0 Å². The Labute approximate surface area is 118 Å². The minimum absolute atomic E-state index is 0.0570. The Bertz CT molecular complexity index is 629. The molecule has 0 saturated carbocycles. The number of nitrogens with zero attached hydrogens (tertiary/aromatic N) is 2. The van der Waals surface area contributed by atoms with E-state index >= 15 is 0 Å². The first-order chi connectivity index (χ1) is 9.84. The second-order valence-electron chi connectivity index (χ2n) is 5.58. The average Bonchev–Trinajstić information content (AvgIpc) is 2.50. The van der Waals surface area contributed by atoms with Gasteiger partial charge in [-0.25, -0.2) is 4.98 Å². The molecule has 2 aromatic rings. The molecule has 0 spiro atoms. The van der Waals surface area contributed by atoms with Gasteiger partial charge in [-0.2, -0.15) is 0 Å². The van der Waals surface area contributed by atoms with Gasteiger partial charge in [-0.05, 0) is 62.9 Å². The van der Waals surface area contributed by atoms with Crippen molar-refractivity contribution in [3.8, 4) is 0 Å². The third-order valence-corrected chi connectivity index (χ3v) is 4.20. The highest BCUT2D eigenvalue weighted by Gasteiger charge is 2.12. The van der Waals surface area contributed by atoms with Crippen LogP contribution in [0.3, 0.4) is 0 Å². The van der Waals surface area contributed by atoms with Gasteiger partial charge in [0.25, 0.3) is 5.56 Å². The summed E-state index contributed by atoms with van der Waals surface area (Å²) in [7, 11) is 0. The van der Waals surface area contributed by atoms with Crippen molar-refractivity contribution >= 4 is 11.0 Å². The van der Waals surface area contributed by atoms with E-state index in [2.05, 4.69) is 10.3 Å². The summed E-state index contributed by atoms with van der Waals surface area (Å²) in [5.74, 6) is 0.815. The fraction of sp³-hybridized carbons (Fsp3) is 0.500. The van der Waals surface area contributed by atoms with Crippen molar-refractivity contribution in [2.24, 2.45) is 5.92 Å². The Morgan fingerprint density at radius 3 is 2.95 bits per heavy atom. The highest BCUT2D eigenvalue weighted by molar-refractivity contribution is 5.74. The minimum Gasteiger partial charge on any atom is -0.317 e. The van der Waals surface area contributed by atoms with Gasteiger partial charge in [0, 0.05) is 24.2 Å². The molecule has 2 aromatic heterocycles. The first-order valence-electron chi connectivity index (χ1n) is 7.50. The zero-order chi connectivity index (χ0) is 13.8. The molecule has 0 aromatic carbocycles. The van der Waals surface area contributed by atoms with Crippen LogP contribution in [0.5, 0.6) is 0 Å². The maximum Gasteiger partial charge on any atom is 0.252 e. The molecule has 1 aliphatic heterocycles. The SMILES string of the molecule is O=c1ccc2cccnc2n1CCCC1CCNCC1. The Kier molecular flexibility index (Phi) is 4.11. The maximum absolute atomic E-state index is 12.0. The molecule has 1 saturated heterocycles. The van der Waals surface area contributed by atoms with E-state index in [1.165, 1.54) is 19.3 Å². The standard InChI is InChI=1S/C16H21N3O/c20-15-6-5-14-4-1-9-18-16(14)19(15)12-2-3-13-7-10-17-11-8-13/h1,4-6,9,13,17H,2-3,7-8,10-12H2. The van der Waals surface area contributed by atoms with E-state index in [0.29, 0.717) is 0 Å². The number of aryl methyl sites for hydroxylation is 1. The number of rotatable bonds is 4. The topological polar surface area (TPSA) is 46.9 Å². The van der Waals surface area contributed by atoms with Crippen LogP contribution in [0, 0.1) is 5.92 Å². The van der Waals surface area contributed by atoms with Crippen LogP contribution in [-0.2, 0) is 6.54 Å². The van der Waals surface area contributed by atoms with Crippen molar-refractivity contribution in [1.82, 2.24) is 14.9 Å². The lowest BCUT2D eigenvalue weighted by Gasteiger charge is -2.22. The number of piperidine rings is 1. The first kappa shape index (κ1) is 13.3.